The maximum atomic E-state index is 8.79. The number of halogens is 1. The summed E-state index contributed by atoms with van der Waals surface area (Å²) in [5.74, 6) is 0.795. The Balaban J connectivity index is 2.64. The first-order chi connectivity index (χ1) is 6.33. The second kappa shape index (κ2) is 3.36. The molecule has 0 spiro atoms. The maximum Gasteiger partial charge on any atom is 0.116 e. The molecule has 2 heterocycles. The third-order valence-electron chi connectivity index (χ3n) is 1.91. The van der Waals surface area contributed by atoms with Crippen molar-refractivity contribution in [2.75, 3.05) is 6.61 Å². The number of rotatable bonds is 2. The number of aliphatic hydroxyl groups is 1. The summed E-state index contributed by atoms with van der Waals surface area (Å²) in [5.41, 5.74) is 0.955. The summed E-state index contributed by atoms with van der Waals surface area (Å²) in [5, 5.41) is 9.42. The normalized spacial score (nSPS) is 10.9. The van der Waals surface area contributed by atoms with E-state index in [9.17, 15) is 0 Å². The van der Waals surface area contributed by atoms with Gasteiger partial charge in [0.2, 0.25) is 0 Å². The number of nitrogens with zero attached hydrogens (tertiary/aromatic N) is 2. The molecule has 4 heteroatoms. The number of imidazole rings is 1. The van der Waals surface area contributed by atoms with Gasteiger partial charge in [-0.2, -0.15) is 0 Å². The van der Waals surface area contributed by atoms with Gasteiger partial charge in [-0.15, -0.1) is 0 Å². The fourth-order valence-electron chi connectivity index (χ4n) is 1.35. The highest BCUT2D eigenvalue weighted by molar-refractivity contribution is 6.29. The van der Waals surface area contributed by atoms with E-state index in [1.807, 2.05) is 16.5 Å². The molecule has 3 nitrogen and oxygen atoms in total. The van der Waals surface area contributed by atoms with Crippen LogP contribution >= 0.6 is 11.6 Å². The highest BCUT2D eigenvalue weighted by Gasteiger charge is 2.04. The van der Waals surface area contributed by atoms with E-state index in [2.05, 4.69) is 4.98 Å². The van der Waals surface area contributed by atoms with Crippen LogP contribution in [0, 0.1) is 0 Å². The standard InChI is InChI=1S/C9H9ClN2O/c10-8-3-1-2-7-6-11-9(4-5-13)12(7)8/h1-3,6,13H,4-5H2. The number of hydrogen-bond donors (Lipinski definition) is 1. The van der Waals surface area contributed by atoms with Gasteiger partial charge in [0.25, 0.3) is 0 Å². The van der Waals surface area contributed by atoms with Crippen LogP contribution in [0.25, 0.3) is 5.52 Å². The van der Waals surface area contributed by atoms with Crippen molar-refractivity contribution in [3.63, 3.8) is 0 Å². The van der Waals surface area contributed by atoms with Gasteiger partial charge in [-0.1, -0.05) is 17.7 Å². The molecule has 2 aromatic rings. The third-order valence-corrected chi connectivity index (χ3v) is 2.21. The molecule has 0 aromatic carbocycles. The minimum atomic E-state index is 0.0876. The molecule has 0 aliphatic carbocycles. The molecule has 0 saturated carbocycles. The Morgan fingerprint density at radius 1 is 1.46 bits per heavy atom. The molecular weight excluding hydrogens is 188 g/mol. The predicted octanol–water partition coefficient (Wildman–Crippen LogP) is 1.52. The Bertz CT molecular complexity index is 424. The van der Waals surface area contributed by atoms with Crippen LogP contribution in [0.1, 0.15) is 5.82 Å². The molecule has 0 bridgehead atoms. The van der Waals surface area contributed by atoms with Gasteiger partial charge < -0.3 is 5.11 Å². The Kier molecular flexibility index (Phi) is 2.20. The zero-order valence-electron chi connectivity index (χ0n) is 6.94. The van der Waals surface area contributed by atoms with Crippen molar-refractivity contribution < 1.29 is 5.11 Å². The molecule has 0 amide bonds. The molecule has 1 N–H and O–H groups in total. The first-order valence-corrected chi connectivity index (χ1v) is 4.42. The predicted molar refractivity (Wildman–Crippen MR) is 51.0 cm³/mol. The van der Waals surface area contributed by atoms with Gasteiger partial charge in [-0.3, -0.25) is 4.40 Å². The van der Waals surface area contributed by atoms with Gasteiger partial charge in [0.05, 0.1) is 18.3 Å². The van der Waals surface area contributed by atoms with E-state index >= 15 is 0 Å². The van der Waals surface area contributed by atoms with E-state index in [1.54, 1.807) is 12.3 Å². The average Bonchev–Trinajstić information content (AvgIpc) is 2.51. The zero-order chi connectivity index (χ0) is 9.26. The first kappa shape index (κ1) is 8.53. The summed E-state index contributed by atoms with van der Waals surface area (Å²) < 4.78 is 1.83. The minimum absolute atomic E-state index is 0.0876. The fourth-order valence-corrected chi connectivity index (χ4v) is 1.61. The highest BCUT2D eigenvalue weighted by atomic mass is 35.5. The van der Waals surface area contributed by atoms with E-state index in [4.69, 9.17) is 16.7 Å². The monoisotopic (exact) mass is 196 g/mol. The van der Waals surface area contributed by atoms with Crippen LogP contribution in [-0.2, 0) is 6.42 Å². The lowest BCUT2D eigenvalue weighted by Crippen LogP contribution is -1.98. The van der Waals surface area contributed by atoms with Crippen molar-refractivity contribution in [1.82, 2.24) is 9.38 Å². The molecule has 0 saturated heterocycles. The van der Waals surface area contributed by atoms with Crippen LogP contribution in [0.15, 0.2) is 24.4 Å². The fraction of sp³-hybridized carbons (Fsp3) is 0.222. The number of fused-ring (bicyclic) bond motifs is 1. The number of aromatic nitrogens is 2. The second-order valence-corrected chi connectivity index (χ2v) is 3.14. The van der Waals surface area contributed by atoms with E-state index in [0.717, 1.165) is 11.3 Å². The van der Waals surface area contributed by atoms with Crippen molar-refractivity contribution in [2.24, 2.45) is 0 Å². The summed E-state index contributed by atoms with van der Waals surface area (Å²) >= 11 is 5.98. The van der Waals surface area contributed by atoms with Gasteiger partial charge in [-0.05, 0) is 12.1 Å². The van der Waals surface area contributed by atoms with Gasteiger partial charge >= 0.3 is 0 Å². The largest absolute Gasteiger partial charge is 0.396 e. The summed E-state index contributed by atoms with van der Waals surface area (Å²) in [7, 11) is 0. The molecule has 0 atom stereocenters. The number of pyridine rings is 1. The van der Waals surface area contributed by atoms with Crippen molar-refractivity contribution >= 4 is 17.1 Å². The van der Waals surface area contributed by atoms with Gasteiger partial charge in [0.15, 0.2) is 0 Å². The van der Waals surface area contributed by atoms with Crippen LogP contribution in [0.2, 0.25) is 5.15 Å². The molecule has 0 aliphatic rings. The summed E-state index contributed by atoms with van der Waals surface area (Å²) in [6.07, 6.45) is 2.27. The van der Waals surface area contributed by atoms with Crippen molar-refractivity contribution in [1.29, 1.82) is 0 Å². The summed E-state index contributed by atoms with van der Waals surface area (Å²) in [6, 6.07) is 5.61. The van der Waals surface area contributed by atoms with Crippen LogP contribution in [-0.4, -0.2) is 21.1 Å². The van der Waals surface area contributed by atoms with Crippen molar-refractivity contribution in [3.8, 4) is 0 Å². The average molecular weight is 197 g/mol. The molecule has 0 unspecified atom stereocenters. The third kappa shape index (κ3) is 1.41. The van der Waals surface area contributed by atoms with Gasteiger partial charge in [0.1, 0.15) is 11.0 Å². The Labute approximate surface area is 80.6 Å². The summed E-state index contributed by atoms with van der Waals surface area (Å²) in [4.78, 5) is 4.16. The van der Waals surface area contributed by atoms with Gasteiger partial charge in [0, 0.05) is 6.42 Å². The van der Waals surface area contributed by atoms with E-state index in [1.165, 1.54) is 0 Å². The Morgan fingerprint density at radius 3 is 3.08 bits per heavy atom. The highest BCUT2D eigenvalue weighted by Crippen LogP contribution is 2.15. The SMILES string of the molecule is OCCc1ncc2cccc(Cl)n12. The molecule has 0 fully saturated rings. The lowest BCUT2D eigenvalue weighted by molar-refractivity contribution is 0.296. The quantitative estimate of drug-likeness (QED) is 0.740. The molecule has 13 heavy (non-hydrogen) atoms. The first-order valence-electron chi connectivity index (χ1n) is 4.04. The molecule has 0 radical (unpaired) electrons. The Morgan fingerprint density at radius 2 is 2.31 bits per heavy atom. The second-order valence-electron chi connectivity index (χ2n) is 2.76. The summed E-state index contributed by atoms with van der Waals surface area (Å²) in [6.45, 7) is 0.0876. The smallest absolute Gasteiger partial charge is 0.116 e. The number of aliphatic hydroxyl groups excluding tert-OH is 1. The lowest BCUT2D eigenvalue weighted by atomic mass is 10.4. The van der Waals surface area contributed by atoms with Crippen molar-refractivity contribution in [2.45, 2.75) is 6.42 Å². The molecular formula is C9H9ClN2O. The van der Waals surface area contributed by atoms with Crippen LogP contribution in [0.5, 0.6) is 0 Å². The Hall–Kier alpha value is -1.06. The molecule has 68 valence electrons. The minimum Gasteiger partial charge on any atom is -0.396 e. The van der Waals surface area contributed by atoms with Crippen LogP contribution in [0.3, 0.4) is 0 Å². The van der Waals surface area contributed by atoms with E-state index < -0.39 is 0 Å². The van der Waals surface area contributed by atoms with E-state index in [-0.39, 0.29) is 6.61 Å². The molecule has 2 rings (SSSR count). The zero-order valence-corrected chi connectivity index (χ0v) is 7.70. The lowest BCUT2D eigenvalue weighted by Gasteiger charge is -2.00. The molecule has 0 aliphatic heterocycles. The van der Waals surface area contributed by atoms with Gasteiger partial charge in [-0.25, -0.2) is 4.98 Å². The van der Waals surface area contributed by atoms with Crippen LogP contribution in [0.4, 0.5) is 0 Å². The number of hydrogen-bond acceptors (Lipinski definition) is 2. The molecule has 2 aromatic heterocycles. The van der Waals surface area contributed by atoms with E-state index in [0.29, 0.717) is 11.6 Å². The maximum absolute atomic E-state index is 8.79. The topological polar surface area (TPSA) is 37.5 Å². The van der Waals surface area contributed by atoms with Crippen LogP contribution < -0.4 is 0 Å². The van der Waals surface area contributed by atoms with Crippen molar-refractivity contribution in [3.05, 3.63) is 35.4 Å².